The quantitative estimate of drug-likeness (QED) is 0.543. The third-order valence-electron chi connectivity index (χ3n) is 1.37. The molecule has 0 fully saturated rings. The summed E-state index contributed by atoms with van der Waals surface area (Å²) in [7, 11) is 5.74. The molecule has 0 rings (SSSR count). The van der Waals surface area contributed by atoms with E-state index in [0.29, 0.717) is 11.0 Å². The fraction of sp³-hybridized carbons (Fsp3) is 0.750. The van der Waals surface area contributed by atoms with Gasteiger partial charge in [0.15, 0.2) is 6.10 Å². The fourth-order valence-electron chi connectivity index (χ4n) is 1.02. The van der Waals surface area contributed by atoms with Crippen LogP contribution in [0.15, 0.2) is 0 Å². The molecular weight excluding hydrogens is 208 g/mol. The van der Waals surface area contributed by atoms with E-state index in [2.05, 4.69) is 4.74 Å². The number of rotatable bonds is 5. The Kier molecular flexibility index (Phi) is 7.15. The van der Waals surface area contributed by atoms with E-state index in [4.69, 9.17) is 10.4 Å². The molecule has 0 heterocycles. The fourth-order valence-corrected chi connectivity index (χ4v) is 1.02. The minimum absolute atomic E-state index is 0. The van der Waals surface area contributed by atoms with E-state index in [1.807, 2.05) is 21.1 Å². The summed E-state index contributed by atoms with van der Waals surface area (Å²) in [5, 5.41) is 16.8. The highest BCUT2D eigenvalue weighted by molar-refractivity contribution is 5.85. The van der Waals surface area contributed by atoms with Gasteiger partial charge in [-0.15, -0.1) is 12.4 Å². The molecule has 0 spiro atoms. The van der Waals surface area contributed by atoms with Crippen LogP contribution in [-0.2, 0) is 9.53 Å². The van der Waals surface area contributed by atoms with Crippen LogP contribution in [0.4, 0.5) is 0 Å². The Bertz CT molecular complexity index is 220. The smallest absolute Gasteiger partial charge is 0.307 e. The minimum Gasteiger partial charge on any atom is -0.481 e. The number of likely N-dealkylation sites (N-methyl/N-ethyl adjacent to an activating group) is 1. The molecule has 1 N–H and O–H groups in total. The Balaban J connectivity index is 0. The lowest BCUT2D eigenvalue weighted by molar-refractivity contribution is -0.873. The van der Waals surface area contributed by atoms with E-state index in [1.54, 1.807) is 0 Å². The van der Waals surface area contributed by atoms with Gasteiger partial charge in [0.25, 0.3) is 6.26 Å². The summed E-state index contributed by atoms with van der Waals surface area (Å²) in [6.07, 6.45) is 0.847. The molecule has 0 bridgehead atoms. The Morgan fingerprint density at radius 2 is 2.07 bits per heavy atom. The van der Waals surface area contributed by atoms with Crippen LogP contribution in [0.25, 0.3) is 0 Å². The average molecular weight is 224 g/mol. The van der Waals surface area contributed by atoms with Gasteiger partial charge < -0.3 is 14.3 Å². The molecule has 1 atom stereocenters. The van der Waals surface area contributed by atoms with Crippen molar-refractivity contribution in [1.82, 2.24) is 0 Å². The summed E-state index contributed by atoms with van der Waals surface area (Å²) in [4.78, 5) is 10.4. The predicted molar refractivity (Wildman–Crippen MR) is 52.9 cm³/mol. The lowest BCUT2D eigenvalue weighted by Crippen LogP contribution is -2.42. The normalized spacial score (nSPS) is 12.1. The molecule has 6 heteroatoms. The van der Waals surface area contributed by atoms with Crippen molar-refractivity contribution in [3.8, 4) is 6.26 Å². The van der Waals surface area contributed by atoms with Crippen molar-refractivity contribution >= 4 is 18.4 Å². The second-order valence-electron chi connectivity index (χ2n) is 3.90. The first-order chi connectivity index (χ1) is 5.85. The molecule has 14 heavy (non-hydrogen) atoms. The summed E-state index contributed by atoms with van der Waals surface area (Å²) >= 11 is 0. The lowest BCUT2D eigenvalue weighted by atomic mass is 10.2. The summed E-state index contributed by atoms with van der Waals surface area (Å²) in [5.41, 5.74) is 0. The Morgan fingerprint density at radius 1 is 1.57 bits per heavy atom. The number of ether oxygens (including phenoxy) is 1. The summed E-state index contributed by atoms with van der Waals surface area (Å²) in [6.45, 7) is 0.500. The number of nitrogens with zero attached hydrogens (tertiary/aromatic N) is 2. The van der Waals surface area contributed by atoms with Gasteiger partial charge in [-0.1, -0.05) is 0 Å². The van der Waals surface area contributed by atoms with Crippen molar-refractivity contribution in [3.05, 3.63) is 0 Å². The second kappa shape index (κ2) is 6.46. The number of nitriles is 1. The van der Waals surface area contributed by atoms with Crippen LogP contribution < -0.4 is 0 Å². The molecule has 0 amide bonds. The molecule has 0 aromatic rings. The van der Waals surface area contributed by atoms with Gasteiger partial charge in [-0.3, -0.25) is 4.79 Å². The van der Waals surface area contributed by atoms with Crippen LogP contribution in [-0.4, -0.2) is 49.4 Å². The molecule has 0 aliphatic carbocycles. The van der Waals surface area contributed by atoms with Crippen molar-refractivity contribution in [2.24, 2.45) is 0 Å². The topological polar surface area (TPSA) is 70.3 Å². The van der Waals surface area contributed by atoms with Crippen molar-refractivity contribution in [2.45, 2.75) is 12.5 Å². The van der Waals surface area contributed by atoms with Gasteiger partial charge >= 0.3 is 5.97 Å². The highest BCUT2D eigenvalue weighted by atomic mass is 35.5. The van der Waals surface area contributed by atoms with Crippen LogP contribution in [0.3, 0.4) is 0 Å². The van der Waals surface area contributed by atoms with E-state index in [1.165, 1.54) is 6.26 Å². The monoisotopic (exact) mass is 223 g/mol. The zero-order valence-corrected chi connectivity index (χ0v) is 9.37. The summed E-state index contributed by atoms with van der Waals surface area (Å²) in [5.74, 6) is -0.950. The molecule has 0 saturated carbocycles. The first-order valence-electron chi connectivity index (χ1n) is 3.92. The molecule has 0 aliphatic heterocycles. The maximum atomic E-state index is 10.4. The predicted octanol–water partition coefficient (Wildman–Crippen LogP) is 0.455. The molecule has 0 saturated heterocycles. The van der Waals surface area contributed by atoms with Crippen molar-refractivity contribution in [3.63, 3.8) is 0 Å². The molecule has 0 aliphatic rings. The van der Waals surface area contributed by atoms with Gasteiger partial charge in [-0.25, -0.2) is 0 Å². The molecule has 0 aromatic carbocycles. The van der Waals surface area contributed by atoms with Crippen LogP contribution in [0.1, 0.15) is 6.42 Å². The van der Waals surface area contributed by atoms with E-state index < -0.39 is 12.1 Å². The second-order valence-corrected chi connectivity index (χ2v) is 3.90. The Hall–Kier alpha value is -0.990. The first kappa shape index (κ1) is 15.5. The number of carboxylic acids is 1. The van der Waals surface area contributed by atoms with Crippen LogP contribution >= 0.6 is 12.4 Å². The summed E-state index contributed by atoms with van der Waals surface area (Å²) in [6, 6.07) is 0. The van der Waals surface area contributed by atoms with E-state index in [-0.39, 0.29) is 18.8 Å². The van der Waals surface area contributed by atoms with E-state index in [9.17, 15) is 4.79 Å². The van der Waals surface area contributed by atoms with Crippen LogP contribution in [0.2, 0.25) is 0 Å². The van der Waals surface area contributed by atoms with Gasteiger partial charge in [-0.05, 0) is 0 Å². The van der Waals surface area contributed by atoms with E-state index >= 15 is 0 Å². The van der Waals surface area contributed by atoms with Crippen molar-refractivity contribution in [1.29, 1.82) is 5.26 Å². The SMILES string of the molecule is C[N+](C)(C)CC(CC(=O)O)OC#N.Cl. The third kappa shape index (κ3) is 9.10. The molecule has 1 unspecified atom stereocenters. The number of carbonyl (C=O) groups is 1. The van der Waals surface area contributed by atoms with Crippen molar-refractivity contribution < 1.29 is 19.1 Å². The standard InChI is InChI=1S/C8H14N2O3.ClH/c1-10(2,3)5-7(13-6-9)4-8(11)12;/h7H,4-5H2,1-3H3;1H/p+1. The van der Waals surface area contributed by atoms with Crippen molar-refractivity contribution in [2.75, 3.05) is 27.7 Å². The number of aliphatic carboxylic acids is 1. The Morgan fingerprint density at radius 3 is 2.36 bits per heavy atom. The number of carboxylic acid groups (broad SMARTS) is 1. The zero-order valence-electron chi connectivity index (χ0n) is 8.56. The first-order valence-corrected chi connectivity index (χ1v) is 3.92. The largest absolute Gasteiger partial charge is 0.481 e. The number of hydrogen-bond donors (Lipinski definition) is 1. The van der Waals surface area contributed by atoms with Crippen LogP contribution in [0.5, 0.6) is 0 Å². The highest BCUT2D eigenvalue weighted by Gasteiger charge is 2.22. The molecule has 0 aromatic heterocycles. The number of quaternary nitrogens is 1. The molecule has 82 valence electrons. The summed E-state index contributed by atoms with van der Waals surface area (Å²) < 4.78 is 5.21. The van der Waals surface area contributed by atoms with Gasteiger partial charge in [0.05, 0.1) is 27.6 Å². The minimum atomic E-state index is -0.950. The van der Waals surface area contributed by atoms with E-state index in [0.717, 1.165) is 0 Å². The maximum Gasteiger partial charge on any atom is 0.307 e. The van der Waals surface area contributed by atoms with Crippen LogP contribution in [0, 0.1) is 11.5 Å². The van der Waals surface area contributed by atoms with Gasteiger partial charge in [-0.2, -0.15) is 5.26 Å². The third-order valence-corrected chi connectivity index (χ3v) is 1.37. The molecule has 5 nitrogen and oxygen atoms in total. The zero-order chi connectivity index (χ0) is 10.5. The average Bonchev–Trinajstić information content (AvgIpc) is 1.81. The highest BCUT2D eigenvalue weighted by Crippen LogP contribution is 2.03. The molecule has 0 radical (unpaired) electrons. The van der Waals surface area contributed by atoms with Gasteiger partial charge in [0.2, 0.25) is 0 Å². The van der Waals surface area contributed by atoms with Gasteiger partial charge in [0.1, 0.15) is 6.54 Å². The Labute approximate surface area is 89.9 Å². The number of hydrogen-bond acceptors (Lipinski definition) is 3. The maximum absolute atomic E-state index is 10.4. The van der Waals surface area contributed by atoms with Gasteiger partial charge in [0, 0.05) is 0 Å². The lowest BCUT2D eigenvalue weighted by Gasteiger charge is -2.26. The number of halogens is 1. The molecular formula is C8H16ClN2O3+.